The Morgan fingerprint density at radius 1 is 0.960 bits per heavy atom. The predicted octanol–water partition coefficient (Wildman–Crippen LogP) is 7.10. The monoisotopic (exact) mass is 348 g/mol. The van der Waals surface area contributed by atoms with Crippen LogP contribution in [0.4, 0.5) is 4.39 Å². The van der Waals surface area contributed by atoms with Crippen molar-refractivity contribution in [2.45, 2.75) is 103 Å². The van der Waals surface area contributed by atoms with E-state index in [9.17, 15) is 9.50 Å². The van der Waals surface area contributed by atoms with Gasteiger partial charge in [-0.05, 0) is 48.6 Å². The number of aliphatic hydroxyl groups is 1. The first kappa shape index (κ1) is 20.4. The van der Waals surface area contributed by atoms with E-state index in [2.05, 4.69) is 38.1 Å². The molecule has 0 heterocycles. The van der Waals surface area contributed by atoms with Gasteiger partial charge in [0.2, 0.25) is 0 Å². The third-order valence-electron chi connectivity index (χ3n) is 5.96. The molecule has 1 aliphatic carbocycles. The number of alkyl halides is 1. The van der Waals surface area contributed by atoms with Crippen LogP contribution in [0.5, 0.6) is 0 Å². The first-order valence-electron chi connectivity index (χ1n) is 10.6. The summed E-state index contributed by atoms with van der Waals surface area (Å²) >= 11 is 0. The fraction of sp³-hybridized carbons (Fsp3) is 0.739. The van der Waals surface area contributed by atoms with Crippen LogP contribution >= 0.6 is 0 Å². The molecule has 0 saturated heterocycles. The molecule has 2 rings (SSSR count). The highest BCUT2D eigenvalue weighted by Crippen LogP contribution is 2.44. The van der Waals surface area contributed by atoms with Crippen LogP contribution in [0.15, 0.2) is 24.3 Å². The zero-order chi connectivity index (χ0) is 18.1. The van der Waals surface area contributed by atoms with Crippen LogP contribution in [0.25, 0.3) is 0 Å². The quantitative estimate of drug-likeness (QED) is 0.423. The van der Waals surface area contributed by atoms with Crippen LogP contribution in [0.2, 0.25) is 0 Å². The van der Waals surface area contributed by atoms with Crippen molar-refractivity contribution < 1.29 is 9.50 Å². The maximum absolute atomic E-state index is 14.4. The Balaban J connectivity index is 1.92. The molecule has 1 nitrogen and oxygen atoms in total. The molecule has 0 radical (unpaired) electrons. The Labute approximate surface area is 154 Å². The molecule has 1 N–H and O–H groups in total. The normalized spacial score (nSPS) is 24.6. The molecule has 1 fully saturated rings. The standard InChI is InChI=1S/C23H37FO/c1-3-5-7-9-10-21-20(16-17-22(21)24)18-12-14-19(15-13-18)23(25)11-8-6-4-2/h12-15,20-23,25H,3-11,16-17H2,1-2H3. The molecule has 0 bridgehead atoms. The van der Waals surface area contributed by atoms with Crippen LogP contribution in [0.1, 0.15) is 108 Å². The van der Waals surface area contributed by atoms with Gasteiger partial charge in [0, 0.05) is 0 Å². The highest BCUT2D eigenvalue weighted by Gasteiger charge is 2.36. The third-order valence-corrected chi connectivity index (χ3v) is 5.96. The van der Waals surface area contributed by atoms with Gasteiger partial charge in [-0.15, -0.1) is 0 Å². The fourth-order valence-electron chi connectivity index (χ4n) is 4.34. The van der Waals surface area contributed by atoms with Gasteiger partial charge in [-0.25, -0.2) is 4.39 Å². The number of hydrogen-bond acceptors (Lipinski definition) is 1. The van der Waals surface area contributed by atoms with Crippen molar-refractivity contribution in [1.82, 2.24) is 0 Å². The van der Waals surface area contributed by atoms with Crippen LogP contribution in [-0.4, -0.2) is 11.3 Å². The average molecular weight is 349 g/mol. The maximum Gasteiger partial charge on any atom is 0.104 e. The third kappa shape index (κ3) is 6.09. The molecule has 2 heteroatoms. The zero-order valence-electron chi connectivity index (χ0n) is 16.2. The number of hydrogen-bond donors (Lipinski definition) is 1. The van der Waals surface area contributed by atoms with Gasteiger partial charge >= 0.3 is 0 Å². The van der Waals surface area contributed by atoms with E-state index in [0.717, 1.165) is 37.7 Å². The fourth-order valence-corrected chi connectivity index (χ4v) is 4.34. The molecule has 0 aromatic heterocycles. The minimum atomic E-state index is -0.633. The second-order valence-electron chi connectivity index (χ2n) is 7.89. The lowest BCUT2D eigenvalue weighted by Crippen LogP contribution is -2.15. The van der Waals surface area contributed by atoms with E-state index in [1.807, 2.05) is 0 Å². The summed E-state index contributed by atoms with van der Waals surface area (Å²) in [6.45, 7) is 4.40. The summed E-state index contributed by atoms with van der Waals surface area (Å²) in [7, 11) is 0. The Bertz CT molecular complexity index is 469. The van der Waals surface area contributed by atoms with Gasteiger partial charge in [0.25, 0.3) is 0 Å². The molecule has 0 amide bonds. The van der Waals surface area contributed by atoms with Gasteiger partial charge in [0.1, 0.15) is 6.17 Å². The van der Waals surface area contributed by atoms with Gasteiger partial charge in [0.15, 0.2) is 0 Å². The van der Waals surface area contributed by atoms with Crippen molar-refractivity contribution in [3.8, 4) is 0 Å². The second-order valence-corrected chi connectivity index (χ2v) is 7.89. The maximum atomic E-state index is 14.4. The van der Waals surface area contributed by atoms with E-state index in [4.69, 9.17) is 0 Å². The van der Waals surface area contributed by atoms with Crippen molar-refractivity contribution in [2.24, 2.45) is 5.92 Å². The highest BCUT2D eigenvalue weighted by molar-refractivity contribution is 5.28. The number of benzene rings is 1. The minimum Gasteiger partial charge on any atom is -0.388 e. The lowest BCUT2D eigenvalue weighted by molar-refractivity contribution is 0.163. The molecule has 0 aliphatic heterocycles. The van der Waals surface area contributed by atoms with Crippen LogP contribution in [0, 0.1) is 5.92 Å². The van der Waals surface area contributed by atoms with Crippen molar-refractivity contribution in [2.75, 3.05) is 0 Å². The molecule has 4 atom stereocenters. The predicted molar refractivity (Wildman–Crippen MR) is 105 cm³/mol. The molecule has 4 unspecified atom stereocenters. The number of rotatable bonds is 11. The van der Waals surface area contributed by atoms with Crippen LogP contribution in [-0.2, 0) is 0 Å². The van der Waals surface area contributed by atoms with E-state index < -0.39 is 6.17 Å². The van der Waals surface area contributed by atoms with Crippen molar-refractivity contribution in [3.63, 3.8) is 0 Å². The molecular formula is C23H37FO. The summed E-state index contributed by atoms with van der Waals surface area (Å²) in [6, 6.07) is 8.40. The lowest BCUT2D eigenvalue weighted by atomic mass is 9.84. The van der Waals surface area contributed by atoms with Crippen molar-refractivity contribution >= 4 is 0 Å². The number of aliphatic hydroxyl groups excluding tert-OH is 1. The van der Waals surface area contributed by atoms with Crippen LogP contribution in [0.3, 0.4) is 0 Å². The van der Waals surface area contributed by atoms with Crippen molar-refractivity contribution in [3.05, 3.63) is 35.4 Å². The Hall–Kier alpha value is -0.890. The summed E-state index contributed by atoms with van der Waals surface area (Å²) in [5.74, 6) is 0.556. The largest absolute Gasteiger partial charge is 0.388 e. The van der Waals surface area contributed by atoms with Crippen LogP contribution < -0.4 is 0 Å². The summed E-state index contributed by atoms with van der Waals surface area (Å²) in [5.41, 5.74) is 2.28. The minimum absolute atomic E-state index is 0.192. The average Bonchev–Trinajstić information content (AvgIpc) is 3.00. The number of halogens is 1. The van der Waals surface area contributed by atoms with Gasteiger partial charge in [-0.1, -0.05) is 83.1 Å². The first-order chi connectivity index (χ1) is 12.2. The molecule has 1 saturated carbocycles. The summed E-state index contributed by atoms with van der Waals surface area (Å²) in [5, 5.41) is 10.3. The molecule has 25 heavy (non-hydrogen) atoms. The van der Waals surface area contributed by atoms with E-state index in [1.165, 1.54) is 37.7 Å². The van der Waals surface area contributed by atoms with Gasteiger partial charge in [-0.3, -0.25) is 0 Å². The van der Waals surface area contributed by atoms with E-state index >= 15 is 0 Å². The van der Waals surface area contributed by atoms with Gasteiger partial charge in [-0.2, -0.15) is 0 Å². The number of unbranched alkanes of at least 4 members (excludes halogenated alkanes) is 5. The summed E-state index contributed by atoms with van der Waals surface area (Å²) < 4.78 is 14.4. The van der Waals surface area contributed by atoms with E-state index in [0.29, 0.717) is 12.3 Å². The van der Waals surface area contributed by atoms with E-state index in [-0.39, 0.29) is 12.0 Å². The zero-order valence-corrected chi connectivity index (χ0v) is 16.2. The van der Waals surface area contributed by atoms with Crippen molar-refractivity contribution in [1.29, 1.82) is 0 Å². The molecule has 142 valence electrons. The molecule has 0 spiro atoms. The molecule has 1 aromatic rings. The van der Waals surface area contributed by atoms with Gasteiger partial charge in [0.05, 0.1) is 6.10 Å². The topological polar surface area (TPSA) is 20.2 Å². The van der Waals surface area contributed by atoms with Gasteiger partial charge < -0.3 is 5.11 Å². The smallest absolute Gasteiger partial charge is 0.104 e. The SMILES string of the molecule is CCCCCCC1C(F)CCC1c1ccc(C(O)CCCCC)cc1. The lowest BCUT2D eigenvalue weighted by Gasteiger charge is -2.22. The second kappa shape index (κ2) is 11.0. The summed E-state index contributed by atoms with van der Waals surface area (Å²) in [4.78, 5) is 0. The Morgan fingerprint density at radius 2 is 1.64 bits per heavy atom. The molecule has 1 aromatic carbocycles. The summed E-state index contributed by atoms with van der Waals surface area (Å²) in [6.07, 6.45) is 10.9. The highest BCUT2D eigenvalue weighted by atomic mass is 19.1. The van der Waals surface area contributed by atoms with E-state index in [1.54, 1.807) is 0 Å². The Morgan fingerprint density at radius 3 is 2.32 bits per heavy atom. The Kier molecular flexibility index (Phi) is 8.95. The molecule has 1 aliphatic rings. The molecular weight excluding hydrogens is 311 g/mol. The first-order valence-corrected chi connectivity index (χ1v) is 10.6.